The van der Waals surface area contributed by atoms with Crippen LogP contribution in [-0.2, 0) is 11.3 Å². The van der Waals surface area contributed by atoms with Crippen LogP contribution in [0.4, 0.5) is 5.69 Å². The maximum absolute atomic E-state index is 13.8. The second kappa shape index (κ2) is 10.6. The van der Waals surface area contributed by atoms with E-state index in [1.165, 1.54) is 4.52 Å². The second-order valence-electron chi connectivity index (χ2n) is 9.11. The molecule has 39 heavy (non-hydrogen) atoms. The van der Waals surface area contributed by atoms with E-state index in [0.29, 0.717) is 38.1 Å². The van der Waals surface area contributed by atoms with Crippen molar-refractivity contribution in [3.8, 4) is 17.1 Å². The van der Waals surface area contributed by atoms with Gasteiger partial charge >= 0.3 is 0 Å². The molecule has 0 aliphatic carbocycles. The van der Waals surface area contributed by atoms with Crippen molar-refractivity contribution in [3.05, 3.63) is 102 Å². The van der Waals surface area contributed by atoms with Gasteiger partial charge in [0.1, 0.15) is 10.3 Å². The average molecular weight is 622 g/mol. The van der Waals surface area contributed by atoms with Gasteiger partial charge in [-0.3, -0.25) is 9.59 Å². The first-order valence-corrected chi connectivity index (χ1v) is 14.5. The average Bonchev–Trinajstić information content (AvgIpc) is 3.56. The van der Waals surface area contributed by atoms with E-state index in [1.807, 2.05) is 60.7 Å². The molecule has 10 heteroatoms. The third kappa shape index (κ3) is 4.75. The smallest absolute Gasteiger partial charge is 0.291 e. The number of anilines is 1. The predicted molar refractivity (Wildman–Crippen MR) is 157 cm³/mol. The van der Waals surface area contributed by atoms with Crippen molar-refractivity contribution in [1.82, 2.24) is 14.6 Å². The van der Waals surface area contributed by atoms with Crippen molar-refractivity contribution in [2.45, 2.75) is 26.3 Å². The normalized spacial score (nSPS) is 14.3. The molecule has 0 spiro atoms. The number of rotatable bonds is 7. The van der Waals surface area contributed by atoms with Crippen LogP contribution in [-0.4, -0.2) is 27.1 Å². The zero-order chi connectivity index (χ0) is 27.1. The third-order valence-electron chi connectivity index (χ3n) is 6.53. The van der Waals surface area contributed by atoms with Gasteiger partial charge in [-0.15, -0.1) is 5.10 Å². The van der Waals surface area contributed by atoms with Crippen LogP contribution in [0.3, 0.4) is 0 Å². The van der Waals surface area contributed by atoms with Gasteiger partial charge in [-0.05, 0) is 60.5 Å². The summed E-state index contributed by atoms with van der Waals surface area (Å²) >= 11 is 11.1. The standard InChI is InChI=1S/C29H22BrClN4O3S/c1-2-3-14-38-20-11-8-17(9-12-20)26-32-29-35(33-26)28(37)25(39-29)24-21-15-19(30)10-13-23(21)34(27(24)36)16-18-6-4-5-7-22(18)31/h4-13,15H,2-3,14,16H2,1H3/b25-24-. The van der Waals surface area contributed by atoms with Crippen molar-refractivity contribution >= 4 is 61.0 Å². The van der Waals surface area contributed by atoms with Gasteiger partial charge < -0.3 is 9.64 Å². The molecule has 1 aliphatic rings. The molecule has 0 bridgehead atoms. The van der Waals surface area contributed by atoms with E-state index in [4.69, 9.17) is 16.3 Å². The summed E-state index contributed by atoms with van der Waals surface area (Å²) in [5.74, 6) is 0.960. The summed E-state index contributed by atoms with van der Waals surface area (Å²) in [6.07, 6.45) is 2.07. The van der Waals surface area contributed by atoms with Crippen molar-refractivity contribution in [2.24, 2.45) is 0 Å². The van der Waals surface area contributed by atoms with Gasteiger partial charge in [0.2, 0.25) is 4.96 Å². The fourth-order valence-corrected chi connectivity index (χ4v) is 6.07. The first-order chi connectivity index (χ1) is 18.9. The Morgan fingerprint density at radius 2 is 1.85 bits per heavy atom. The van der Waals surface area contributed by atoms with Gasteiger partial charge in [0.05, 0.1) is 24.4 Å². The lowest BCUT2D eigenvalue weighted by molar-refractivity contribution is -0.113. The Bertz CT molecular complexity index is 1830. The predicted octanol–water partition coefficient (Wildman–Crippen LogP) is 5.88. The highest BCUT2D eigenvalue weighted by Gasteiger charge is 2.35. The van der Waals surface area contributed by atoms with Crippen molar-refractivity contribution in [1.29, 1.82) is 0 Å². The summed E-state index contributed by atoms with van der Waals surface area (Å²) in [6, 6.07) is 20.5. The van der Waals surface area contributed by atoms with E-state index in [2.05, 4.69) is 32.9 Å². The first kappa shape index (κ1) is 25.7. The van der Waals surface area contributed by atoms with Gasteiger partial charge in [-0.1, -0.05) is 70.4 Å². The number of nitrogens with zero attached hydrogens (tertiary/aromatic N) is 4. The Hall–Kier alpha value is -3.53. The van der Waals surface area contributed by atoms with E-state index in [-0.39, 0.29) is 18.0 Å². The highest BCUT2D eigenvalue weighted by molar-refractivity contribution is 9.10. The van der Waals surface area contributed by atoms with Gasteiger partial charge in [-0.25, -0.2) is 0 Å². The second-order valence-corrected chi connectivity index (χ2v) is 11.4. The van der Waals surface area contributed by atoms with Crippen molar-refractivity contribution < 1.29 is 9.53 Å². The molecule has 6 rings (SSSR count). The highest BCUT2D eigenvalue weighted by Crippen LogP contribution is 2.38. The maximum atomic E-state index is 13.8. The van der Waals surface area contributed by atoms with Crippen LogP contribution >= 0.6 is 38.9 Å². The van der Waals surface area contributed by atoms with Crippen LogP contribution in [0.1, 0.15) is 30.9 Å². The highest BCUT2D eigenvalue weighted by atomic mass is 79.9. The summed E-state index contributed by atoms with van der Waals surface area (Å²) in [5.41, 5.74) is 2.97. The molecule has 0 saturated carbocycles. The number of carbonyl (C=O) groups is 1. The van der Waals surface area contributed by atoms with Crippen molar-refractivity contribution in [3.63, 3.8) is 0 Å². The fraction of sp³-hybridized carbons (Fsp3) is 0.172. The van der Waals surface area contributed by atoms with E-state index >= 15 is 0 Å². The zero-order valence-electron chi connectivity index (χ0n) is 20.9. The van der Waals surface area contributed by atoms with Gasteiger partial charge in [0, 0.05) is 20.6 Å². The molecule has 0 saturated heterocycles. The zero-order valence-corrected chi connectivity index (χ0v) is 24.0. The minimum absolute atomic E-state index is 0.261. The number of fused-ring (bicyclic) bond motifs is 2. The number of benzene rings is 3. The number of carbonyl (C=O) groups excluding carboxylic acids is 1. The van der Waals surface area contributed by atoms with E-state index in [9.17, 15) is 9.59 Å². The number of amides is 1. The summed E-state index contributed by atoms with van der Waals surface area (Å²) in [7, 11) is 0. The summed E-state index contributed by atoms with van der Waals surface area (Å²) in [4.78, 5) is 34.0. The number of halogens is 2. The molecule has 3 aromatic carbocycles. The van der Waals surface area contributed by atoms with Crippen LogP contribution in [0.2, 0.25) is 5.02 Å². The molecule has 5 aromatic rings. The Morgan fingerprint density at radius 1 is 1.05 bits per heavy atom. The molecule has 1 aliphatic heterocycles. The van der Waals surface area contributed by atoms with E-state index < -0.39 is 0 Å². The monoisotopic (exact) mass is 620 g/mol. The summed E-state index contributed by atoms with van der Waals surface area (Å²) < 4.78 is 8.12. The fourth-order valence-electron chi connectivity index (χ4n) is 4.52. The lowest BCUT2D eigenvalue weighted by Crippen LogP contribution is -2.32. The Kier molecular flexibility index (Phi) is 6.97. The topological polar surface area (TPSA) is 76.8 Å². The number of unbranched alkanes of at least 4 members (excludes halogenated alkanes) is 1. The molecular formula is C29H22BrClN4O3S. The van der Waals surface area contributed by atoms with Crippen molar-refractivity contribution in [2.75, 3.05) is 11.5 Å². The number of hydrogen-bond acceptors (Lipinski definition) is 6. The third-order valence-corrected chi connectivity index (χ3v) is 8.42. The number of thiazole rings is 1. The number of aromatic nitrogens is 3. The first-order valence-electron chi connectivity index (χ1n) is 12.5. The Labute approximate surface area is 241 Å². The molecule has 0 N–H and O–H groups in total. The molecule has 0 fully saturated rings. The number of hydrogen-bond donors (Lipinski definition) is 0. The maximum Gasteiger partial charge on any atom is 0.291 e. The molecule has 1 amide bonds. The van der Waals surface area contributed by atoms with Crippen LogP contribution in [0.15, 0.2) is 76.0 Å². The molecule has 196 valence electrons. The molecule has 2 aromatic heterocycles. The van der Waals surface area contributed by atoms with Crippen LogP contribution < -0.4 is 19.7 Å². The lowest BCUT2D eigenvalue weighted by atomic mass is 10.1. The summed E-state index contributed by atoms with van der Waals surface area (Å²) in [5, 5.41) is 5.05. The summed E-state index contributed by atoms with van der Waals surface area (Å²) in [6.45, 7) is 3.07. The SMILES string of the molecule is CCCCOc1ccc(-c2nc3s/c(=C4\C(=O)N(Cc5ccccc5Cl)c5ccc(Br)cc54)c(=O)n3n2)cc1. The molecular weight excluding hydrogens is 600 g/mol. The molecule has 0 atom stereocenters. The van der Waals surface area contributed by atoms with Crippen LogP contribution in [0.25, 0.3) is 21.9 Å². The largest absolute Gasteiger partial charge is 0.494 e. The van der Waals surface area contributed by atoms with Crippen LogP contribution in [0.5, 0.6) is 5.75 Å². The van der Waals surface area contributed by atoms with E-state index in [0.717, 1.165) is 51.2 Å². The Balaban J connectivity index is 1.40. The van der Waals surface area contributed by atoms with Crippen LogP contribution in [0, 0.1) is 0 Å². The molecule has 3 heterocycles. The lowest BCUT2D eigenvalue weighted by Gasteiger charge is -2.18. The van der Waals surface area contributed by atoms with Gasteiger partial charge in [0.15, 0.2) is 5.82 Å². The van der Waals surface area contributed by atoms with Gasteiger partial charge in [0.25, 0.3) is 11.5 Å². The van der Waals surface area contributed by atoms with E-state index in [1.54, 1.807) is 11.0 Å². The minimum Gasteiger partial charge on any atom is -0.494 e. The number of ether oxygens (including phenoxy) is 1. The molecule has 7 nitrogen and oxygen atoms in total. The molecule has 0 unspecified atom stereocenters. The van der Waals surface area contributed by atoms with Gasteiger partial charge in [-0.2, -0.15) is 9.50 Å². The molecule has 0 radical (unpaired) electrons. The quantitative estimate of drug-likeness (QED) is 0.212. The Morgan fingerprint density at radius 3 is 2.59 bits per heavy atom. The minimum atomic E-state index is -0.373.